The number of hydrogen-bond acceptors (Lipinski definition) is 1. The number of carboxylic acid groups (broad SMARTS) is 1. The lowest BCUT2D eigenvalue weighted by molar-refractivity contribution is 0.0692. The molecule has 2 N–H and O–H groups in total. The first-order valence-electron chi connectivity index (χ1n) is 4.77. The average Bonchev–Trinajstić information content (AvgIpc) is 2.71. The van der Waals surface area contributed by atoms with Gasteiger partial charge in [-0.25, -0.2) is 4.79 Å². The zero-order valence-electron chi connectivity index (χ0n) is 8.62. The van der Waals surface area contributed by atoms with Crippen molar-refractivity contribution in [3.8, 4) is 11.1 Å². The number of carbonyl (C=O) groups is 1. The number of hydrogen-bond donors (Lipinski definition) is 2. The van der Waals surface area contributed by atoms with Crippen molar-refractivity contribution >= 4 is 21.9 Å². The molecule has 82 valence electrons. The van der Waals surface area contributed by atoms with Gasteiger partial charge < -0.3 is 10.1 Å². The molecule has 1 aromatic carbocycles. The molecule has 0 aliphatic carbocycles. The number of carboxylic acids is 1. The fraction of sp³-hybridized carbons (Fsp3) is 0.0833. The molecule has 0 amide bonds. The van der Waals surface area contributed by atoms with Gasteiger partial charge in [0.05, 0.1) is 0 Å². The van der Waals surface area contributed by atoms with Gasteiger partial charge in [0.1, 0.15) is 5.69 Å². The van der Waals surface area contributed by atoms with Gasteiger partial charge >= 0.3 is 5.97 Å². The highest BCUT2D eigenvalue weighted by molar-refractivity contribution is 9.10. The summed E-state index contributed by atoms with van der Waals surface area (Å²) < 4.78 is 1.02. The third kappa shape index (κ3) is 1.88. The van der Waals surface area contributed by atoms with Gasteiger partial charge in [-0.2, -0.15) is 0 Å². The first-order chi connectivity index (χ1) is 7.59. The van der Waals surface area contributed by atoms with Crippen molar-refractivity contribution in [3.63, 3.8) is 0 Å². The van der Waals surface area contributed by atoms with E-state index in [0.717, 1.165) is 15.6 Å². The third-order valence-corrected chi connectivity index (χ3v) is 3.32. The molecule has 0 saturated heterocycles. The maximum absolute atomic E-state index is 11.0. The summed E-state index contributed by atoms with van der Waals surface area (Å²) in [5.74, 6) is -0.944. The van der Waals surface area contributed by atoms with Crippen LogP contribution in [0.25, 0.3) is 11.1 Å². The molecule has 3 nitrogen and oxygen atoms in total. The Labute approximate surface area is 101 Å². The summed E-state index contributed by atoms with van der Waals surface area (Å²) >= 11 is 3.42. The van der Waals surface area contributed by atoms with Crippen LogP contribution in [0.4, 0.5) is 0 Å². The van der Waals surface area contributed by atoms with E-state index in [4.69, 9.17) is 5.11 Å². The van der Waals surface area contributed by atoms with Crippen LogP contribution < -0.4 is 0 Å². The average molecular weight is 280 g/mol. The molecule has 0 aliphatic heterocycles. The highest BCUT2D eigenvalue weighted by Crippen LogP contribution is 2.27. The van der Waals surface area contributed by atoms with Gasteiger partial charge in [0, 0.05) is 16.2 Å². The second kappa shape index (κ2) is 4.14. The van der Waals surface area contributed by atoms with Gasteiger partial charge in [0.2, 0.25) is 0 Å². The van der Waals surface area contributed by atoms with Crippen molar-refractivity contribution in [1.29, 1.82) is 0 Å². The van der Waals surface area contributed by atoms with Crippen LogP contribution in [0.15, 0.2) is 34.9 Å². The number of nitrogens with one attached hydrogen (secondary N) is 1. The van der Waals surface area contributed by atoms with Crippen molar-refractivity contribution in [2.75, 3.05) is 0 Å². The molecule has 0 spiro atoms. The maximum atomic E-state index is 11.0. The molecule has 16 heavy (non-hydrogen) atoms. The molecule has 4 heteroatoms. The molecular weight excluding hydrogens is 270 g/mol. The van der Waals surface area contributed by atoms with Crippen molar-refractivity contribution < 1.29 is 9.90 Å². The molecule has 0 saturated carbocycles. The number of benzene rings is 1. The highest BCUT2D eigenvalue weighted by atomic mass is 79.9. The number of aryl methyl sites for hydroxylation is 1. The summed E-state index contributed by atoms with van der Waals surface area (Å²) in [5.41, 5.74) is 2.92. The molecule has 0 bridgehead atoms. The minimum atomic E-state index is -0.944. The normalized spacial score (nSPS) is 10.4. The number of H-pyrrole nitrogens is 1. The molecule has 0 atom stereocenters. The number of aromatic nitrogens is 1. The van der Waals surface area contributed by atoms with Gasteiger partial charge in [-0.15, -0.1) is 0 Å². The first kappa shape index (κ1) is 11.0. The van der Waals surface area contributed by atoms with E-state index in [0.29, 0.717) is 5.56 Å². The zero-order chi connectivity index (χ0) is 11.7. The molecule has 0 aliphatic rings. The van der Waals surface area contributed by atoms with Crippen LogP contribution in [0.3, 0.4) is 0 Å². The standard InChI is InChI=1S/C12H10BrNO2/c1-7-6-8(2-3-10(7)13)9-4-5-14-11(9)12(15)16/h2-6,14H,1H3,(H,15,16). The van der Waals surface area contributed by atoms with Crippen LogP contribution in [-0.2, 0) is 0 Å². The Balaban J connectivity index is 2.54. The Morgan fingerprint density at radius 2 is 2.12 bits per heavy atom. The predicted octanol–water partition coefficient (Wildman–Crippen LogP) is 3.45. The number of aromatic carboxylic acids is 1. The van der Waals surface area contributed by atoms with E-state index in [1.165, 1.54) is 0 Å². The van der Waals surface area contributed by atoms with E-state index in [-0.39, 0.29) is 5.69 Å². The maximum Gasteiger partial charge on any atom is 0.352 e. The van der Waals surface area contributed by atoms with Crippen LogP contribution >= 0.6 is 15.9 Å². The van der Waals surface area contributed by atoms with Crippen molar-refractivity contribution in [3.05, 3.63) is 46.2 Å². The summed E-state index contributed by atoms with van der Waals surface area (Å²) in [6.45, 7) is 1.97. The van der Waals surface area contributed by atoms with E-state index >= 15 is 0 Å². The van der Waals surface area contributed by atoms with Crippen LogP contribution in [0.2, 0.25) is 0 Å². The molecule has 1 heterocycles. The minimum Gasteiger partial charge on any atom is -0.477 e. The van der Waals surface area contributed by atoms with Gasteiger partial charge in [0.15, 0.2) is 0 Å². The fourth-order valence-electron chi connectivity index (χ4n) is 1.60. The smallest absolute Gasteiger partial charge is 0.352 e. The number of aromatic amines is 1. The second-order valence-electron chi connectivity index (χ2n) is 3.54. The Hall–Kier alpha value is -1.55. The largest absolute Gasteiger partial charge is 0.477 e. The van der Waals surface area contributed by atoms with E-state index < -0.39 is 5.97 Å². The first-order valence-corrected chi connectivity index (χ1v) is 5.56. The van der Waals surface area contributed by atoms with Crippen LogP contribution in [0.1, 0.15) is 16.1 Å². The van der Waals surface area contributed by atoms with Gasteiger partial charge in [-0.3, -0.25) is 0 Å². The van der Waals surface area contributed by atoms with Gasteiger partial charge in [-0.05, 0) is 30.2 Å². The van der Waals surface area contributed by atoms with E-state index in [9.17, 15) is 4.79 Å². The molecule has 2 aromatic rings. The summed E-state index contributed by atoms with van der Waals surface area (Å²) in [4.78, 5) is 13.7. The predicted molar refractivity (Wildman–Crippen MR) is 65.6 cm³/mol. The lowest BCUT2D eigenvalue weighted by Crippen LogP contribution is -1.98. The molecular formula is C12H10BrNO2. The monoisotopic (exact) mass is 279 g/mol. The summed E-state index contributed by atoms with van der Waals surface area (Å²) in [6, 6.07) is 7.54. The van der Waals surface area contributed by atoms with E-state index in [2.05, 4.69) is 20.9 Å². The van der Waals surface area contributed by atoms with Crippen molar-refractivity contribution in [1.82, 2.24) is 4.98 Å². The Bertz CT molecular complexity index is 546. The van der Waals surface area contributed by atoms with Crippen LogP contribution in [0, 0.1) is 6.92 Å². The second-order valence-corrected chi connectivity index (χ2v) is 4.39. The molecule has 0 fully saturated rings. The molecule has 1 aromatic heterocycles. The Morgan fingerprint density at radius 1 is 1.38 bits per heavy atom. The summed E-state index contributed by atoms with van der Waals surface area (Å²) in [7, 11) is 0. The highest BCUT2D eigenvalue weighted by Gasteiger charge is 2.12. The van der Waals surface area contributed by atoms with Gasteiger partial charge in [0.25, 0.3) is 0 Å². The molecule has 2 rings (SSSR count). The van der Waals surface area contributed by atoms with Crippen LogP contribution in [0.5, 0.6) is 0 Å². The van der Waals surface area contributed by atoms with Crippen molar-refractivity contribution in [2.45, 2.75) is 6.92 Å². The SMILES string of the molecule is Cc1cc(-c2cc[nH]c2C(=O)O)ccc1Br. The van der Waals surface area contributed by atoms with Gasteiger partial charge in [-0.1, -0.05) is 28.1 Å². The summed E-state index contributed by atoms with van der Waals surface area (Å²) in [6.07, 6.45) is 1.64. The Morgan fingerprint density at radius 3 is 2.75 bits per heavy atom. The lowest BCUT2D eigenvalue weighted by Gasteiger charge is -2.04. The quantitative estimate of drug-likeness (QED) is 0.885. The third-order valence-electron chi connectivity index (χ3n) is 2.43. The molecule has 0 radical (unpaired) electrons. The Kier molecular flexibility index (Phi) is 2.83. The van der Waals surface area contributed by atoms with Crippen molar-refractivity contribution in [2.24, 2.45) is 0 Å². The topological polar surface area (TPSA) is 53.1 Å². The zero-order valence-corrected chi connectivity index (χ0v) is 10.2. The van der Waals surface area contributed by atoms with Crippen LogP contribution in [-0.4, -0.2) is 16.1 Å². The van der Waals surface area contributed by atoms with E-state index in [1.54, 1.807) is 12.3 Å². The minimum absolute atomic E-state index is 0.224. The fourth-order valence-corrected chi connectivity index (χ4v) is 1.85. The number of rotatable bonds is 2. The number of halogens is 1. The molecule has 0 unspecified atom stereocenters. The van der Waals surface area contributed by atoms with E-state index in [1.807, 2.05) is 25.1 Å². The lowest BCUT2D eigenvalue weighted by atomic mass is 10.0. The summed E-state index contributed by atoms with van der Waals surface area (Å²) in [5, 5.41) is 9.00.